The van der Waals surface area contributed by atoms with Crippen LogP contribution in [-0.2, 0) is 9.53 Å². The van der Waals surface area contributed by atoms with Gasteiger partial charge in [0.25, 0.3) is 5.72 Å². The van der Waals surface area contributed by atoms with Crippen molar-refractivity contribution in [3.63, 3.8) is 0 Å². The van der Waals surface area contributed by atoms with Crippen molar-refractivity contribution in [3.8, 4) is 0 Å². The van der Waals surface area contributed by atoms with Crippen LogP contribution in [0.4, 0.5) is 18.0 Å². The van der Waals surface area contributed by atoms with Gasteiger partial charge in [-0.15, -0.1) is 0 Å². The van der Waals surface area contributed by atoms with Crippen LogP contribution < -0.4 is 10.6 Å². The minimum Gasteiger partial charge on any atom is -0.466 e. The van der Waals surface area contributed by atoms with Crippen LogP contribution in [0.2, 0.25) is 10.0 Å². The summed E-state index contributed by atoms with van der Waals surface area (Å²) < 4.78 is 45.0. The van der Waals surface area contributed by atoms with Crippen LogP contribution in [0.5, 0.6) is 0 Å². The predicted molar refractivity (Wildman–Crippen MR) is 82.0 cm³/mol. The standard InChI is InChI=1S/C14H13Cl2F3N2O4/c1-2-25-11(22)9-10(6-3-4-7(15)8(16)5-6)20-12(23)21-13(9,24)14(17,18)19/h3-5,9-10,24H,2H2,1H3,(H2,20,21,23)/t9-,10-,13+/m0/s1. The number of carbonyl (C=O) groups is 2. The van der Waals surface area contributed by atoms with Crippen LogP contribution in [0.25, 0.3) is 0 Å². The van der Waals surface area contributed by atoms with Gasteiger partial charge in [0, 0.05) is 0 Å². The third kappa shape index (κ3) is 3.63. The van der Waals surface area contributed by atoms with Crippen molar-refractivity contribution in [2.75, 3.05) is 6.61 Å². The molecule has 0 bridgehead atoms. The molecule has 2 rings (SSSR count). The molecule has 0 unspecified atom stereocenters. The first-order valence-corrected chi connectivity index (χ1v) is 7.76. The summed E-state index contributed by atoms with van der Waals surface area (Å²) in [5.74, 6) is -3.55. The van der Waals surface area contributed by atoms with E-state index in [1.165, 1.54) is 30.4 Å². The molecule has 1 aromatic carbocycles. The van der Waals surface area contributed by atoms with E-state index in [0.717, 1.165) is 0 Å². The van der Waals surface area contributed by atoms with Gasteiger partial charge in [-0.2, -0.15) is 13.2 Å². The molecular weight excluding hydrogens is 388 g/mol. The molecule has 6 nitrogen and oxygen atoms in total. The summed E-state index contributed by atoms with van der Waals surface area (Å²) in [4.78, 5) is 23.9. The Labute approximate surface area is 150 Å². The highest BCUT2D eigenvalue weighted by molar-refractivity contribution is 6.42. The fourth-order valence-corrected chi connectivity index (χ4v) is 2.83. The van der Waals surface area contributed by atoms with Gasteiger partial charge in [-0.05, 0) is 24.6 Å². The molecule has 1 aliphatic heterocycles. The number of aliphatic hydroxyl groups is 1. The molecule has 0 aliphatic carbocycles. The first-order chi connectivity index (χ1) is 11.5. The lowest BCUT2D eigenvalue weighted by atomic mass is 9.82. The zero-order valence-corrected chi connectivity index (χ0v) is 14.2. The van der Waals surface area contributed by atoms with Crippen LogP contribution in [-0.4, -0.2) is 35.6 Å². The predicted octanol–water partition coefficient (Wildman–Crippen LogP) is 2.78. The van der Waals surface area contributed by atoms with Crippen molar-refractivity contribution in [3.05, 3.63) is 33.8 Å². The van der Waals surface area contributed by atoms with Gasteiger partial charge in [0.05, 0.1) is 22.7 Å². The Morgan fingerprint density at radius 2 is 2.00 bits per heavy atom. The molecule has 0 radical (unpaired) electrons. The average Bonchev–Trinajstić information content (AvgIpc) is 2.48. The highest BCUT2D eigenvalue weighted by atomic mass is 35.5. The molecule has 3 N–H and O–H groups in total. The lowest BCUT2D eigenvalue weighted by molar-refractivity contribution is -0.294. The maximum absolute atomic E-state index is 13.4. The summed E-state index contributed by atoms with van der Waals surface area (Å²) in [6, 6.07) is 0.921. The highest BCUT2D eigenvalue weighted by Crippen LogP contribution is 2.43. The topological polar surface area (TPSA) is 87.7 Å². The van der Waals surface area contributed by atoms with Gasteiger partial charge in [-0.3, -0.25) is 4.79 Å². The first-order valence-electron chi connectivity index (χ1n) is 7.00. The Morgan fingerprint density at radius 1 is 1.36 bits per heavy atom. The molecule has 3 atom stereocenters. The lowest BCUT2D eigenvalue weighted by Crippen LogP contribution is -2.73. The molecule has 25 heavy (non-hydrogen) atoms. The Hall–Kier alpha value is -1.71. The van der Waals surface area contributed by atoms with E-state index < -0.39 is 35.9 Å². The molecule has 1 aliphatic rings. The lowest BCUT2D eigenvalue weighted by Gasteiger charge is -2.44. The fourth-order valence-electron chi connectivity index (χ4n) is 2.52. The first kappa shape index (κ1) is 19.6. The number of urea groups is 1. The molecule has 2 amide bonds. The van der Waals surface area contributed by atoms with Crippen LogP contribution >= 0.6 is 23.2 Å². The van der Waals surface area contributed by atoms with E-state index in [1.54, 1.807) is 0 Å². The second-order valence-electron chi connectivity index (χ2n) is 5.24. The number of alkyl halides is 3. The van der Waals surface area contributed by atoms with Crippen LogP contribution in [0.1, 0.15) is 18.5 Å². The smallest absolute Gasteiger partial charge is 0.437 e. The summed E-state index contributed by atoms with van der Waals surface area (Å²) in [5, 5.41) is 13.8. The SMILES string of the molecule is CCOC(=O)[C@@H]1[C@H](c2ccc(Cl)c(Cl)c2)NC(=O)N[C@]1(O)C(F)(F)F. The minimum absolute atomic E-state index is 0.00473. The highest BCUT2D eigenvalue weighted by Gasteiger charge is 2.67. The fraction of sp³-hybridized carbons (Fsp3) is 0.429. The average molecular weight is 401 g/mol. The van der Waals surface area contributed by atoms with E-state index >= 15 is 0 Å². The van der Waals surface area contributed by atoms with Crippen molar-refractivity contribution in [2.24, 2.45) is 5.92 Å². The molecule has 1 aromatic rings. The Bertz CT molecular complexity index is 701. The van der Waals surface area contributed by atoms with Crippen molar-refractivity contribution in [1.29, 1.82) is 0 Å². The molecule has 0 spiro atoms. The van der Waals surface area contributed by atoms with E-state index in [-0.39, 0.29) is 22.2 Å². The summed E-state index contributed by atoms with van der Waals surface area (Å²) in [6.07, 6.45) is -5.34. The number of hydrogen-bond acceptors (Lipinski definition) is 4. The van der Waals surface area contributed by atoms with E-state index in [2.05, 4.69) is 10.1 Å². The Balaban J connectivity index is 2.59. The monoisotopic (exact) mass is 400 g/mol. The Morgan fingerprint density at radius 3 is 2.52 bits per heavy atom. The van der Waals surface area contributed by atoms with Gasteiger partial charge in [-0.25, -0.2) is 4.79 Å². The zero-order valence-electron chi connectivity index (χ0n) is 12.7. The van der Waals surface area contributed by atoms with Crippen LogP contribution in [0, 0.1) is 5.92 Å². The molecule has 1 heterocycles. The number of hydrogen-bond donors (Lipinski definition) is 3. The van der Waals surface area contributed by atoms with Crippen molar-refractivity contribution < 1.29 is 32.6 Å². The third-order valence-corrected chi connectivity index (χ3v) is 4.39. The van der Waals surface area contributed by atoms with Gasteiger partial charge in [0.2, 0.25) is 0 Å². The molecule has 11 heteroatoms. The number of benzene rings is 1. The van der Waals surface area contributed by atoms with Crippen molar-refractivity contribution in [2.45, 2.75) is 24.9 Å². The number of esters is 1. The van der Waals surface area contributed by atoms with Gasteiger partial charge in [0.1, 0.15) is 5.92 Å². The van der Waals surface area contributed by atoms with Crippen molar-refractivity contribution in [1.82, 2.24) is 10.6 Å². The second kappa shape index (κ2) is 6.89. The quantitative estimate of drug-likeness (QED) is 0.680. The number of carbonyl (C=O) groups excluding carboxylic acids is 2. The number of nitrogens with one attached hydrogen (secondary N) is 2. The van der Waals surface area contributed by atoms with E-state index in [0.29, 0.717) is 0 Å². The van der Waals surface area contributed by atoms with Gasteiger partial charge in [-0.1, -0.05) is 29.3 Å². The molecule has 0 aromatic heterocycles. The third-order valence-electron chi connectivity index (χ3n) is 3.65. The van der Waals surface area contributed by atoms with Gasteiger partial charge >= 0.3 is 18.2 Å². The number of rotatable bonds is 3. The molecule has 1 fully saturated rings. The van der Waals surface area contributed by atoms with Gasteiger partial charge < -0.3 is 20.5 Å². The van der Waals surface area contributed by atoms with Gasteiger partial charge in [0.15, 0.2) is 0 Å². The molecule has 1 saturated heterocycles. The molecule has 0 saturated carbocycles. The second-order valence-corrected chi connectivity index (χ2v) is 6.06. The van der Waals surface area contributed by atoms with E-state index in [9.17, 15) is 27.9 Å². The summed E-state index contributed by atoms with van der Waals surface area (Å²) in [6.45, 7) is 1.18. The maximum atomic E-state index is 13.4. The normalized spacial score (nSPS) is 26.6. The molecule has 138 valence electrons. The van der Waals surface area contributed by atoms with E-state index in [1.807, 2.05) is 0 Å². The summed E-state index contributed by atoms with van der Waals surface area (Å²) in [7, 11) is 0. The van der Waals surface area contributed by atoms with Crippen LogP contribution in [0.15, 0.2) is 18.2 Å². The summed E-state index contributed by atoms with van der Waals surface area (Å²) in [5.41, 5.74) is -3.77. The molecular formula is C14H13Cl2F3N2O4. The number of amides is 2. The number of halogens is 5. The summed E-state index contributed by atoms with van der Waals surface area (Å²) >= 11 is 11.6. The van der Waals surface area contributed by atoms with E-state index in [4.69, 9.17) is 23.2 Å². The van der Waals surface area contributed by atoms with Crippen LogP contribution in [0.3, 0.4) is 0 Å². The maximum Gasteiger partial charge on any atom is 0.437 e. The minimum atomic E-state index is -5.34. The van der Waals surface area contributed by atoms with Crippen molar-refractivity contribution >= 4 is 35.2 Å². The Kier molecular flexibility index (Phi) is 5.41. The number of ether oxygens (including phenoxy) is 1. The zero-order chi connectivity index (χ0) is 19.0. The largest absolute Gasteiger partial charge is 0.466 e.